The van der Waals surface area contributed by atoms with E-state index in [-0.39, 0.29) is 17.9 Å². The molecule has 1 amide bonds. The molecule has 5 rings (SSSR count). The second-order valence-corrected chi connectivity index (χ2v) is 9.26. The second kappa shape index (κ2) is 10.1. The van der Waals surface area contributed by atoms with Gasteiger partial charge in [-0.1, -0.05) is 48.5 Å². The van der Waals surface area contributed by atoms with E-state index in [2.05, 4.69) is 0 Å². The van der Waals surface area contributed by atoms with Crippen molar-refractivity contribution >= 4 is 28.8 Å². The Labute approximate surface area is 212 Å². The number of Topliss-reactive ketones (excluding diaryl/α,β-unsaturated/α-hetero) is 1. The summed E-state index contributed by atoms with van der Waals surface area (Å²) in [5.74, 6) is 0.112. The van der Waals surface area contributed by atoms with Gasteiger partial charge in [0.05, 0.1) is 25.3 Å². The topological polar surface area (TPSA) is 76.1 Å². The zero-order valence-corrected chi connectivity index (χ0v) is 20.3. The third kappa shape index (κ3) is 4.61. The third-order valence-electron chi connectivity index (χ3n) is 5.94. The van der Waals surface area contributed by atoms with Crippen LogP contribution in [0.1, 0.15) is 22.0 Å². The lowest BCUT2D eigenvalue weighted by Gasteiger charge is -2.25. The lowest BCUT2D eigenvalue weighted by atomic mass is 9.95. The van der Waals surface area contributed by atoms with Gasteiger partial charge < -0.3 is 19.5 Å². The highest BCUT2D eigenvalue weighted by Gasteiger charge is 2.46. The van der Waals surface area contributed by atoms with Crippen LogP contribution in [0.2, 0.25) is 0 Å². The highest BCUT2D eigenvalue weighted by Crippen LogP contribution is 2.42. The number of likely N-dealkylation sites (tertiary alicyclic amines) is 1. The maximum Gasteiger partial charge on any atom is 0.295 e. The van der Waals surface area contributed by atoms with Crippen molar-refractivity contribution in [3.8, 4) is 17.2 Å². The van der Waals surface area contributed by atoms with Crippen LogP contribution < -0.4 is 9.47 Å². The minimum absolute atomic E-state index is 0.0293. The molecule has 1 atom stereocenters. The number of para-hydroxylation sites is 1. The summed E-state index contributed by atoms with van der Waals surface area (Å²) in [6, 6.07) is 26.4. The smallest absolute Gasteiger partial charge is 0.295 e. The molecule has 6 nitrogen and oxygen atoms in total. The van der Waals surface area contributed by atoms with Crippen LogP contribution in [0.5, 0.6) is 17.2 Å². The first-order valence-electron chi connectivity index (χ1n) is 11.3. The van der Waals surface area contributed by atoms with Crippen LogP contribution in [0.4, 0.5) is 0 Å². The average molecular weight is 498 g/mol. The van der Waals surface area contributed by atoms with Crippen LogP contribution in [0.3, 0.4) is 0 Å². The number of hydrogen-bond acceptors (Lipinski definition) is 6. The van der Waals surface area contributed by atoms with Gasteiger partial charge in [-0.2, -0.15) is 0 Å². The standard InChI is InChI=1S/C29H23NO5S/c1-34-22-12-6-9-20(17-22)27(31)25-26(30(29(33)28(25)32)18-24-14-7-15-36-24)19-8-5-13-23(16-19)35-21-10-3-2-4-11-21/h2-17,26,31H,18H2,1H3/b27-25-. The van der Waals surface area contributed by atoms with E-state index >= 15 is 0 Å². The Morgan fingerprint density at radius 3 is 2.39 bits per heavy atom. The van der Waals surface area contributed by atoms with Crippen LogP contribution in [-0.4, -0.2) is 28.8 Å². The number of benzene rings is 3. The summed E-state index contributed by atoms with van der Waals surface area (Å²) < 4.78 is 11.3. The molecule has 0 radical (unpaired) electrons. The minimum atomic E-state index is -0.794. The van der Waals surface area contributed by atoms with E-state index in [1.54, 1.807) is 30.3 Å². The first kappa shape index (κ1) is 23.4. The number of hydrogen-bond donors (Lipinski definition) is 1. The van der Waals surface area contributed by atoms with Crippen LogP contribution in [-0.2, 0) is 16.1 Å². The molecule has 1 aliphatic rings. The quantitative estimate of drug-likeness (QED) is 0.188. The SMILES string of the molecule is COc1cccc(/C(O)=C2/C(=O)C(=O)N(Cc3cccs3)C2c2cccc(Oc3ccccc3)c2)c1. The van der Waals surface area contributed by atoms with Crippen molar-refractivity contribution in [2.75, 3.05) is 7.11 Å². The molecule has 2 heterocycles. The lowest BCUT2D eigenvalue weighted by molar-refractivity contribution is -0.140. The van der Waals surface area contributed by atoms with Gasteiger partial charge in [0.25, 0.3) is 11.7 Å². The highest BCUT2D eigenvalue weighted by molar-refractivity contribution is 7.09. The van der Waals surface area contributed by atoms with Crippen molar-refractivity contribution < 1.29 is 24.2 Å². The zero-order chi connectivity index (χ0) is 25.1. The van der Waals surface area contributed by atoms with Crippen LogP contribution in [0, 0.1) is 0 Å². The number of nitrogens with zero attached hydrogens (tertiary/aromatic N) is 1. The molecule has 1 aliphatic heterocycles. The molecule has 1 unspecified atom stereocenters. The molecule has 1 aromatic heterocycles. The molecule has 0 aliphatic carbocycles. The van der Waals surface area contributed by atoms with E-state index in [9.17, 15) is 14.7 Å². The van der Waals surface area contributed by atoms with Gasteiger partial charge in [0.1, 0.15) is 23.0 Å². The molecule has 180 valence electrons. The summed E-state index contributed by atoms with van der Waals surface area (Å²) in [6.07, 6.45) is 0. The molecule has 0 spiro atoms. The summed E-state index contributed by atoms with van der Waals surface area (Å²) in [4.78, 5) is 29.0. The van der Waals surface area contributed by atoms with Gasteiger partial charge in [-0.15, -0.1) is 11.3 Å². The van der Waals surface area contributed by atoms with Crippen LogP contribution in [0.25, 0.3) is 5.76 Å². The molecule has 0 saturated carbocycles. The van der Waals surface area contributed by atoms with Crippen molar-refractivity contribution in [1.29, 1.82) is 0 Å². The van der Waals surface area contributed by atoms with Gasteiger partial charge in [-0.3, -0.25) is 9.59 Å². The molecule has 3 aromatic carbocycles. The molecule has 1 fully saturated rings. The number of aliphatic hydroxyl groups is 1. The van der Waals surface area contributed by atoms with Crippen molar-refractivity contribution in [2.24, 2.45) is 0 Å². The van der Waals surface area contributed by atoms with Crippen molar-refractivity contribution in [3.05, 3.63) is 118 Å². The first-order chi connectivity index (χ1) is 17.5. The average Bonchev–Trinajstić information content (AvgIpc) is 3.51. The van der Waals surface area contributed by atoms with E-state index in [1.807, 2.05) is 66.0 Å². The first-order valence-corrected chi connectivity index (χ1v) is 12.2. The fourth-order valence-electron chi connectivity index (χ4n) is 4.26. The lowest BCUT2D eigenvalue weighted by Crippen LogP contribution is -2.28. The molecule has 4 aromatic rings. The van der Waals surface area contributed by atoms with E-state index < -0.39 is 17.7 Å². The predicted octanol–water partition coefficient (Wildman–Crippen LogP) is 6.17. The normalized spacial score (nSPS) is 16.8. The molecule has 36 heavy (non-hydrogen) atoms. The van der Waals surface area contributed by atoms with E-state index in [1.165, 1.54) is 23.3 Å². The van der Waals surface area contributed by atoms with Gasteiger partial charge in [0.2, 0.25) is 0 Å². The van der Waals surface area contributed by atoms with E-state index in [0.717, 1.165) is 4.88 Å². The molecule has 7 heteroatoms. The largest absolute Gasteiger partial charge is 0.507 e. The Morgan fingerprint density at radius 1 is 0.889 bits per heavy atom. The Morgan fingerprint density at radius 2 is 1.64 bits per heavy atom. The molecular weight excluding hydrogens is 474 g/mol. The summed E-state index contributed by atoms with van der Waals surface area (Å²) in [7, 11) is 1.53. The number of ether oxygens (including phenoxy) is 2. The predicted molar refractivity (Wildman–Crippen MR) is 138 cm³/mol. The summed E-state index contributed by atoms with van der Waals surface area (Å²) in [6.45, 7) is 0.242. The number of carbonyl (C=O) groups is 2. The fraction of sp³-hybridized carbons (Fsp3) is 0.103. The van der Waals surface area contributed by atoms with Gasteiger partial charge in [0, 0.05) is 10.4 Å². The third-order valence-corrected chi connectivity index (χ3v) is 6.80. The summed E-state index contributed by atoms with van der Waals surface area (Å²) in [5.41, 5.74) is 1.08. The van der Waals surface area contributed by atoms with Crippen molar-refractivity contribution in [3.63, 3.8) is 0 Å². The van der Waals surface area contributed by atoms with Crippen molar-refractivity contribution in [1.82, 2.24) is 4.90 Å². The Kier molecular flexibility index (Phi) is 6.56. The minimum Gasteiger partial charge on any atom is -0.507 e. The monoisotopic (exact) mass is 497 g/mol. The van der Waals surface area contributed by atoms with E-state index in [0.29, 0.717) is 28.4 Å². The van der Waals surface area contributed by atoms with Crippen molar-refractivity contribution in [2.45, 2.75) is 12.6 Å². The fourth-order valence-corrected chi connectivity index (χ4v) is 4.96. The molecule has 1 saturated heterocycles. The van der Waals surface area contributed by atoms with Crippen LogP contribution >= 0.6 is 11.3 Å². The molecule has 1 N–H and O–H groups in total. The maximum atomic E-state index is 13.3. The van der Waals surface area contributed by atoms with Gasteiger partial charge >= 0.3 is 0 Å². The van der Waals surface area contributed by atoms with Gasteiger partial charge in [-0.05, 0) is 53.4 Å². The van der Waals surface area contributed by atoms with Crippen LogP contribution in [0.15, 0.2) is 102 Å². The Bertz CT molecular complexity index is 1430. The zero-order valence-electron chi connectivity index (χ0n) is 19.5. The molecule has 0 bridgehead atoms. The molecular formula is C29H23NO5S. The number of aliphatic hydroxyl groups excluding tert-OH is 1. The number of thiophene rings is 1. The number of ketones is 1. The Balaban J connectivity index is 1.62. The number of methoxy groups -OCH3 is 1. The van der Waals surface area contributed by atoms with Gasteiger partial charge in [0.15, 0.2) is 0 Å². The Hall–Kier alpha value is -4.36. The van der Waals surface area contributed by atoms with E-state index in [4.69, 9.17) is 9.47 Å². The summed E-state index contributed by atoms with van der Waals surface area (Å²) in [5, 5.41) is 13.2. The number of carbonyl (C=O) groups excluding carboxylic acids is 2. The maximum absolute atomic E-state index is 13.3. The van der Waals surface area contributed by atoms with Gasteiger partial charge in [-0.25, -0.2) is 0 Å². The second-order valence-electron chi connectivity index (χ2n) is 8.23. The number of amides is 1. The highest BCUT2D eigenvalue weighted by atomic mass is 32.1. The summed E-state index contributed by atoms with van der Waals surface area (Å²) >= 11 is 1.50. The number of rotatable bonds is 7.